The number of aliphatic hydroxyl groups excluding tert-OH is 2. The van der Waals surface area contributed by atoms with Gasteiger partial charge in [0.05, 0.1) is 26.4 Å². The summed E-state index contributed by atoms with van der Waals surface area (Å²) < 4.78 is 33.3. The predicted octanol–water partition coefficient (Wildman–Crippen LogP) is 12.3. The Labute approximate surface area is 332 Å². The topological polar surface area (TPSA) is 132 Å². The van der Waals surface area contributed by atoms with Crippen molar-refractivity contribution < 1.29 is 43.0 Å². The van der Waals surface area contributed by atoms with Gasteiger partial charge in [0.1, 0.15) is 12.2 Å². The molecule has 0 aromatic rings. The summed E-state index contributed by atoms with van der Waals surface area (Å²) in [5.74, 6) is -0.386. The second kappa shape index (κ2) is 41.6. The van der Waals surface area contributed by atoms with Crippen molar-refractivity contribution in [1.29, 1.82) is 0 Å². The van der Waals surface area contributed by atoms with Gasteiger partial charge in [-0.1, -0.05) is 167 Å². The van der Waals surface area contributed by atoms with Crippen molar-refractivity contribution in [2.24, 2.45) is 0 Å². The van der Waals surface area contributed by atoms with E-state index in [0.29, 0.717) is 6.61 Å². The van der Waals surface area contributed by atoms with Crippen LogP contribution in [0.15, 0.2) is 24.3 Å². The third kappa shape index (κ3) is 40.6. The van der Waals surface area contributed by atoms with Crippen LogP contribution in [0.5, 0.6) is 0 Å². The van der Waals surface area contributed by atoms with Gasteiger partial charge < -0.3 is 24.6 Å². The molecule has 320 valence electrons. The highest BCUT2D eigenvalue weighted by atomic mass is 31.2. The Kier molecular flexibility index (Phi) is 40.8. The maximum absolute atomic E-state index is 12.6. The molecule has 0 amide bonds. The lowest BCUT2D eigenvalue weighted by molar-refractivity contribution is -0.154. The van der Waals surface area contributed by atoms with E-state index in [0.717, 1.165) is 44.9 Å². The van der Waals surface area contributed by atoms with Crippen molar-refractivity contribution in [2.45, 2.75) is 219 Å². The average molecular weight is 789 g/mol. The summed E-state index contributed by atoms with van der Waals surface area (Å²) in [6.07, 6.45) is 42.8. The molecular weight excluding hydrogens is 703 g/mol. The van der Waals surface area contributed by atoms with E-state index in [9.17, 15) is 19.4 Å². The average Bonchev–Trinajstić information content (AvgIpc) is 3.16. The summed E-state index contributed by atoms with van der Waals surface area (Å²) in [4.78, 5) is 22.6. The number of hydrogen-bond donors (Lipinski definition) is 3. The van der Waals surface area contributed by atoms with Gasteiger partial charge in [-0.25, -0.2) is 4.57 Å². The Morgan fingerprint density at radius 3 is 1.44 bits per heavy atom. The Balaban J connectivity index is 4.09. The first-order chi connectivity index (χ1) is 26.3. The first-order valence-corrected chi connectivity index (χ1v) is 23.8. The molecule has 0 aromatic heterocycles. The molecule has 9 nitrogen and oxygen atoms in total. The maximum atomic E-state index is 12.6. The number of allylic oxidation sites excluding steroid dienone is 4. The van der Waals surface area contributed by atoms with Crippen LogP contribution in [0, 0.1) is 0 Å². The second-order valence-electron chi connectivity index (χ2n) is 15.1. The van der Waals surface area contributed by atoms with Gasteiger partial charge in [0.25, 0.3) is 0 Å². The summed E-state index contributed by atoms with van der Waals surface area (Å²) >= 11 is 0. The second-order valence-corrected chi connectivity index (χ2v) is 16.5. The van der Waals surface area contributed by atoms with Crippen LogP contribution < -0.4 is 0 Å². The zero-order valence-electron chi connectivity index (χ0n) is 35.0. The standard InChI is InChI=1S/C44H85O9P/c1-3-5-7-9-11-13-15-17-18-19-20-21-22-23-24-25-26-28-30-32-34-36-44(47)53-43(41-52-54(48,49)51-39-42(46)38-45)40-50-37-35-33-31-29-27-16-14-12-10-8-6-4-2/h10,12,19-20,42-43,45-46H,3-9,11,13-18,21-41H2,1-2H3,(H,48,49)/b12-10-,20-19-. The van der Waals surface area contributed by atoms with Crippen molar-refractivity contribution in [1.82, 2.24) is 0 Å². The van der Waals surface area contributed by atoms with E-state index in [-0.39, 0.29) is 25.6 Å². The molecule has 3 N–H and O–H groups in total. The fourth-order valence-electron chi connectivity index (χ4n) is 6.16. The molecule has 0 radical (unpaired) electrons. The normalized spacial score (nSPS) is 14.2. The largest absolute Gasteiger partial charge is 0.472 e. The van der Waals surface area contributed by atoms with Crippen molar-refractivity contribution in [2.75, 3.05) is 33.0 Å². The molecule has 0 heterocycles. The molecule has 54 heavy (non-hydrogen) atoms. The van der Waals surface area contributed by atoms with Crippen LogP contribution in [0.1, 0.15) is 206 Å². The number of carbonyl (C=O) groups excluding carboxylic acids is 1. The SMILES string of the molecule is CCCC/C=C\CCCCCCCCOCC(COP(=O)(O)OCC(O)CO)OC(=O)CCCCCCCCCCC/C=C\CCCCCCCCCC. The number of phosphoric acid groups is 1. The Bertz CT molecular complexity index is 897. The minimum atomic E-state index is -4.51. The summed E-state index contributed by atoms with van der Waals surface area (Å²) in [7, 11) is -4.51. The molecule has 0 fully saturated rings. The molecular formula is C44H85O9P. The van der Waals surface area contributed by atoms with E-state index in [2.05, 4.69) is 38.2 Å². The highest BCUT2D eigenvalue weighted by Gasteiger charge is 2.26. The van der Waals surface area contributed by atoms with E-state index >= 15 is 0 Å². The van der Waals surface area contributed by atoms with E-state index in [1.807, 2.05) is 0 Å². The Morgan fingerprint density at radius 2 is 0.963 bits per heavy atom. The molecule has 0 aliphatic rings. The van der Waals surface area contributed by atoms with Gasteiger partial charge >= 0.3 is 13.8 Å². The van der Waals surface area contributed by atoms with Gasteiger partial charge in [-0.2, -0.15) is 0 Å². The fraction of sp³-hybridized carbons (Fsp3) is 0.886. The van der Waals surface area contributed by atoms with Crippen LogP contribution in [0.25, 0.3) is 0 Å². The van der Waals surface area contributed by atoms with Crippen molar-refractivity contribution in [3.8, 4) is 0 Å². The number of aliphatic hydroxyl groups is 2. The number of carbonyl (C=O) groups is 1. The van der Waals surface area contributed by atoms with Crippen LogP contribution in [0.3, 0.4) is 0 Å². The molecule has 10 heteroatoms. The van der Waals surface area contributed by atoms with E-state index < -0.39 is 33.2 Å². The van der Waals surface area contributed by atoms with Crippen molar-refractivity contribution in [3.63, 3.8) is 0 Å². The minimum Gasteiger partial charge on any atom is -0.457 e. The zero-order valence-corrected chi connectivity index (χ0v) is 35.8. The number of rotatable bonds is 43. The smallest absolute Gasteiger partial charge is 0.457 e. The molecule has 3 unspecified atom stereocenters. The lowest BCUT2D eigenvalue weighted by Crippen LogP contribution is -2.29. The highest BCUT2D eigenvalue weighted by Crippen LogP contribution is 2.43. The summed E-state index contributed by atoms with van der Waals surface area (Å²) in [6.45, 7) is 3.49. The Hall–Kier alpha value is -1.06. The molecule has 0 aliphatic carbocycles. The summed E-state index contributed by atoms with van der Waals surface area (Å²) in [6, 6.07) is 0. The molecule has 0 spiro atoms. The molecule has 0 aromatic carbocycles. The summed E-state index contributed by atoms with van der Waals surface area (Å²) in [5.41, 5.74) is 0. The van der Waals surface area contributed by atoms with Gasteiger partial charge in [0.2, 0.25) is 0 Å². The molecule has 0 aliphatic heterocycles. The number of unbranched alkanes of at least 4 members (excludes halogenated alkanes) is 25. The molecule has 0 rings (SSSR count). The van der Waals surface area contributed by atoms with Crippen LogP contribution >= 0.6 is 7.82 Å². The number of ether oxygens (including phenoxy) is 2. The minimum absolute atomic E-state index is 0.0466. The fourth-order valence-corrected chi connectivity index (χ4v) is 6.94. The van der Waals surface area contributed by atoms with Gasteiger partial charge in [0, 0.05) is 13.0 Å². The van der Waals surface area contributed by atoms with Crippen LogP contribution in [0.2, 0.25) is 0 Å². The van der Waals surface area contributed by atoms with Gasteiger partial charge in [-0.05, 0) is 57.8 Å². The first kappa shape index (κ1) is 52.9. The third-order valence-corrected chi connectivity index (χ3v) is 10.6. The van der Waals surface area contributed by atoms with Crippen molar-refractivity contribution in [3.05, 3.63) is 24.3 Å². The van der Waals surface area contributed by atoms with E-state index in [4.69, 9.17) is 23.6 Å². The molecule has 0 saturated carbocycles. The molecule has 0 bridgehead atoms. The third-order valence-electron chi connectivity index (χ3n) is 9.61. The van der Waals surface area contributed by atoms with Crippen LogP contribution in [0.4, 0.5) is 0 Å². The van der Waals surface area contributed by atoms with Gasteiger partial charge in [0.15, 0.2) is 0 Å². The van der Waals surface area contributed by atoms with Gasteiger partial charge in [-0.15, -0.1) is 0 Å². The lowest BCUT2D eigenvalue weighted by Gasteiger charge is -2.20. The van der Waals surface area contributed by atoms with Crippen LogP contribution in [-0.4, -0.2) is 66.3 Å². The zero-order chi connectivity index (χ0) is 39.6. The van der Waals surface area contributed by atoms with E-state index in [1.54, 1.807) is 0 Å². The maximum Gasteiger partial charge on any atom is 0.472 e. The van der Waals surface area contributed by atoms with Crippen molar-refractivity contribution >= 4 is 13.8 Å². The molecule has 3 atom stereocenters. The summed E-state index contributed by atoms with van der Waals surface area (Å²) in [5, 5.41) is 18.3. The lowest BCUT2D eigenvalue weighted by atomic mass is 10.1. The van der Waals surface area contributed by atoms with E-state index in [1.165, 1.54) is 141 Å². The van der Waals surface area contributed by atoms with Crippen LogP contribution in [-0.2, 0) is 27.9 Å². The molecule has 0 saturated heterocycles. The number of hydrogen-bond acceptors (Lipinski definition) is 8. The number of phosphoric ester groups is 1. The first-order valence-electron chi connectivity index (χ1n) is 22.3. The predicted molar refractivity (Wildman–Crippen MR) is 224 cm³/mol. The number of esters is 1. The Morgan fingerprint density at radius 1 is 0.556 bits per heavy atom. The van der Waals surface area contributed by atoms with Gasteiger partial charge in [-0.3, -0.25) is 13.8 Å². The monoisotopic (exact) mass is 789 g/mol. The quantitative estimate of drug-likeness (QED) is 0.0239. The highest BCUT2D eigenvalue weighted by molar-refractivity contribution is 7.47.